The number of nitrogens with zero attached hydrogens (tertiary/aromatic N) is 4. The lowest BCUT2D eigenvalue weighted by molar-refractivity contribution is 0.572. The summed E-state index contributed by atoms with van der Waals surface area (Å²) in [5.74, 6) is 0. The van der Waals surface area contributed by atoms with Crippen LogP contribution in [0.4, 0.5) is 11.4 Å². The summed E-state index contributed by atoms with van der Waals surface area (Å²) >= 11 is 3.08. The Hall–Kier alpha value is -1.61. The molecule has 0 aliphatic carbocycles. The van der Waals surface area contributed by atoms with Gasteiger partial charge in [-0.25, -0.2) is 4.68 Å². The normalized spacial score (nSPS) is 11.5. The first-order valence-corrected chi connectivity index (χ1v) is 7.47. The molecule has 2 N–H and O–H groups in total. The van der Waals surface area contributed by atoms with Crippen LogP contribution in [-0.4, -0.2) is 30.5 Å². The molecule has 0 atom stereocenters. The lowest BCUT2D eigenvalue weighted by Crippen LogP contribution is -2.29. The van der Waals surface area contributed by atoms with Gasteiger partial charge in [-0.1, -0.05) is 17.3 Å². The van der Waals surface area contributed by atoms with Crippen LogP contribution in [0.15, 0.2) is 33.9 Å². The zero-order valence-corrected chi connectivity index (χ0v) is 12.7. The predicted octanol–water partition coefficient (Wildman–Crippen LogP) is 0.985. The van der Waals surface area contributed by atoms with E-state index in [4.69, 9.17) is 5.73 Å². The summed E-state index contributed by atoms with van der Waals surface area (Å²) < 4.78 is 27.5. The van der Waals surface area contributed by atoms with Crippen LogP contribution >= 0.6 is 15.9 Å². The van der Waals surface area contributed by atoms with E-state index in [1.807, 2.05) is 0 Å². The highest BCUT2D eigenvalue weighted by Gasteiger charge is 2.29. The third-order valence-electron chi connectivity index (χ3n) is 2.62. The van der Waals surface area contributed by atoms with Gasteiger partial charge >= 0.3 is 0 Å². The van der Waals surface area contributed by atoms with Gasteiger partial charge in [-0.2, -0.15) is 8.42 Å². The van der Waals surface area contributed by atoms with E-state index in [-0.39, 0.29) is 9.63 Å². The number of anilines is 2. The van der Waals surface area contributed by atoms with Crippen molar-refractivity contribution in [1.29, 1.82) is 0 Å². The maximum absolute atomic E-state index is 12.5. The molecular formula is C10H12BrN5O2S. The van der Waals surface area contributed by atoms with Crippen LogP contribution in [0.1, 0.15) is 0 Å². The van der Waals surface area contributed by atoms with Crippen LogP contribution in [0.25, 0.3) is 0 Å². The quantitative estimate of drug-likeness (QED) is 0.837. The lowest BCUT2D eigenvalue weighted by atomic mass is 10.3. The molecule has 1 aromatic heterocycles. The molecule has 0 radical (unpaired) electrons. The van der Waals surface area contributed by atoms with E-state index < -0.39 is 10.0 Å². The average Bonchev–Trinajstić information content (AvgIpc) is 2.69. The standard InChI is InChI=1S/C10H12BrN5O2S/c1-15-10(9(11)13-14-15)19(17,18)16(2)8-6-4-3-5-7(8)12/h3-6H,12H2,1-2H3. The molecule has 1 aromatic carbocycles. The molecular weight excluding hydrogens is 334 g/mol. The van der Waals surface area contributed by atoms with Crippen molar-refractivity contribution >= 4 is 37.3 Å². The fraction of sp³-hybridized carbons (Fsp3) is 0.200. The third kappa shape index (κ3) is 2.30. The van der Waals surface area contributed by atoms with Crippen molar-refractivity contribution in [3.05, 3.63) is 28.9 Å². The highest BCUT2D eigenvalue weighted by Crippen LogP contribution is 2.29. The first-order chi connectivity index (χ1) is 8.85. The van der Waals surface area contributed by atoms with Crippen molar-refractivity contribution in [3.63, 3.8) is 0 Å². The van der Waals surface area contributed by atoms with Gasteiger partial charge in [-0.05, 0) is 28.1 Å². The Morgan fingerprint density at radius 3 is 2.53 bits per heavy atom. The number of sulfonamides is 1. The molecule has 0 aliphatic rings. The molecule has 0 saturated carbocycles. The molecule has 0 amide bonds. The zero-order chi connectivity index (χ0) is 14.2. The zero-order valence-electron chi connectivity index (χ0n) is 10.3. The van der Waals surface area contributed by atoms with Gasteiger partial charge in [0.2, 0.25) is 5.03 Å². The number of aromatic nitrogens is 3. The number of nitrogen functional groups attached to an aromatic ring is 1. The molecule has 0 saturated heterocycles. The fourth-order valence-electron chi connectivity index (χ4n) is 1.63. The van der Waals surface area contributed by atoms with Gasteiger partial charge in [-0.15, -0.1) is 5.10 Å². The molecule has 19 heavy (non-hydrogen) atoms. The summed E-state index contributed by atoms with van der Waals surface area (Å²) in [5, 5.41) is 7.31. The number of benzene rings is 1. The minimum Gasteiger partial charge on any atom is -0.397 e. The van der Waals surface area contributed by atoms with Crippen LogP contribution in [0.5, 0.6) is 0 Å². The molecule has 102 valence electrons. The largest absolute Gasteiger partial charge is 0.397 e. The van der Waals surface area contributed by atoms with Crippen LogP contribution in [0.2, 0.25) is 0 Å². The Bertz CT molecular complexity index is 693. The first-order valence-electron chi connectivity index (χ1n) is 5.24. The highest BCUT2D eigenvalue weighted by atomic mass is 79.9. The number of rotatable bonds is 3. The Morgan fingerprint density at radius 1 is 1.37 bits per heavy atom. The van der Waals surface area contributed by atoms with Gasteiger partial charge < -0.3 is 5.73 Å². The highest BCUT2D eigenvalue weighted by molar-refractivity contribution is 9.10. The smallest absolute Gasteiger partial charge is 0.284 e. The van der Waals surface area contributed by atoms with Gasteiger partial charge in [0.15, 0.2) is 4.60 Å². The Labute approximate surface area is 119 Å². The van der Waals surface area contributed by atoms with E-state index in [1.54, 1.807) is 24.3 Å². The van der Waals surface area contributed by atoms with E-state index >= 15 is 0 Å². The molecule has 2 aromatic rings. The summed E-state index contributed by atoms with van der Waals surface area (Å²) in [5.41, 5.74) is 6.57. The second-order valence-corrected chi connectivity index (χ2v) is 6.48. The van der Waals surface area contributed by atoms with Crippen molar-refractivity contribution < 1.29 is 8.42 Å². The first kappa shape index (κ1) is 13.8. The molecule has 7 nitrogen and oxygen atoms in total. The van der Waals surface area contributed by atoms with Gasteiger partial charge in [0.25, 0.3) is 10.0 Å². The second kappa shape index (κ2) is 4.82. The van der Waals surface area contributed by atoms with Crippen molar-refractivity contribution in [2.45, 2.75) is 5.03 Å². The van der Waals surface area contributed by atoms with E-state index in [2.05, 4.69) is 26.2 Å². The summed E-state index contributed by atoms with van der Waals surface area (Å²) in [7, 11) is -0.850. The number of hydrogen-bond donors (Lipinski definition) is 1. The van der Waals surface area contributed by atoms with Gasteiger partial charge in [0.1, 0.15) is 0 Å². The monoisotopic (exact) mass is 345 g/mol. The van der Waals surface area contributed by atoms with E-state index in [0.29, 0.717) is 11.4 Å². The Balaban J connectivity index is 2.55. The topological polar surface area (TPSA) is 94.1 Å². The minimum absolute atomic E-state index is 0.0294. The fourth-order valence-corrected chi connectivity index (χ4v) is 3.88. The molecule has 0 unspecified atom stereocenters. The molecule has 0 aliphatic heterocycles. The summed E-state index contributed by atoms with van der Waals surface area (Å²) in [6, 6.07) is 6.72. The molecule has 9 heteroatoms. The van der Waals surface area contributed by atoms with E-state index in [0.717, 1.165) is 4.31 Å². The SMILES string of the molecule is CN(c1ccccc1N)S(=O)(=O)c1c(Br)nnn1C. The number of halogens is 1. The number of nitrogens with two attached hydrogens (primary N) is 1. The maximum Gasteiger partial charge on any atom is 0.284 e. The number of para-hydroxylation sites is 2. The van der Waals surface area contributed by atoms with Crippen molar-refractivity contribution in [1.82, 2.24) is 15.0 Å². The molecule has 0 fully saturated rings. The summed E-state index contributed by atoms with van der Waals surface area (Å²) in [6.07, 6.45) is 0. The average molecular weight is 346 g/mol. The van der Waals surface area contributed by atoms with Crippen LogP contribution in [0.3, 0.4) is 0 Å². The third-order valence-corrected chi connectivity index (χ3v) is 5.28. The maximum atomic E-state index is 12.5. The lowest BCUT2D eigenvalue weighted by Gasteiger charge is -2.20. The molecule has 0 bridgehead atoms. The van der Waals surface area contributed by atoms with Gasteiger partial charge in [-0.3, -0.25) is 4.31 Å². The van der Waals surface area contributed by atoms with Crippen LogP contribution < -0.4 is 10.0 Å². The Kier molecular flexibility index (Phi) is 3.50. The number of aryl methyl sites for hydroxylation is 1. The van der Waals surface area contributed by atoms with Crippen molar-refractivity contribution in [2.75, 3.05) is 17.1 Å². The van der Waals surface area contributed by atoms with Gasteiger partial charge in [0.05, 0.1) is 11.4 Å². The van der Waals surface area contributed by atoms with Gasteiger partial charge in [0, 0.05) is 14.1 Å². The molecule has 2 rings (SSSR count). The minimum atomic E-state index is -3.79. The van der Waals surface area contributed by atoms with E-state index in [9.17, 15) is 8.42 Å². The summed E-state index contributed by atoms with van der Waals surface area (Å²) in [4.78, 5) is 0. The Morgan fingerprint density at radius 2 is 2.00 bits per heavy atom. The predicted molar refractivity (Wildman–Crippen MR) is 75.1 cm³/mol. The number of hydrogen-bond acceptors (Lipinski definition) is 5. The molecule has 1 heterocycles. The van der Waals surface area contributed by atoms with Crippen molar-refractivity contribution in [2.24, 2.45) is 7.05 Å². The van der Waals surface area contributed by atoms with Crippen LogP contribution in [0, 0.1) is 0 Å². The van der Waals surface area contributed by atoms with E-state index in [1.165, 1.54) is 18.8 Å². The van der Waals surface area contributed by atoms with Crippen LogP contribution in [-0.2, 0) is 17.1 Å². The van der Waals surface area contributed by atoms with Crippen molar-refractivity contribution in [3.8, 4) is 0 Å². The second-order valence-electron chi connectivity index (χ2n) is 3.84. The summed E-state index contributed by atoms with van der Waals surface area (Å²) in [6.45, 7) is 0. The molecule has 0 spiro atoms.